The summed E-state index contributed by atoms with van der Waals surface area (Å²) in [6, 6.07) is 7.00. The van der Waals surface area contributed by atoms with Gasteiger partial charge in [-0.2, -0.15) is 5.10 Å². The van der Waals surface area contributed by atoms with Crippen LogP contribution in [0.3, 0.4) is 0 Å². The standard InChI is InChI=1S/C18H16N4O5S/c1-20-7-6-12(19-20)8-14-16(23)21-15(10-28-17(14)21)18(24)27-9-11-2-4-13(5-3-11)22(25)26/h2-8,15,17H,9-10H2,1H3/t15?,17-/m1/s1. The van der Waals surface area contributed by atoms with Crippen molar-refractivity contribution in [3.8, 4) is 0 Å². The van der Waals surface area contributed by atoms with Gasteiger partial charge in [0.2, 0.25) is 0 Å². The van der Waals surface area contributed by atoms with Crippen LogP contribution in [0, 0.1) is 10.1 Å². The van der Waals surface area contributed by atoms with Crippen LogP contribution in [-0.2, 0) is 28.0 Å². The van der Waals surface area contributed by atoms with Crippen LogP contribution in [0.4, 0.5) is 5.69 Å². The Morgan fingerprint density at radius 1 is 1.39 bits per heavy atom. The Labute approximate surface area is 164 Å². The van der Waals surface area contributed by atoms with Crippen LogP contribution in [0.25, 0.3) is 6.08 Å². The summed E-state index contributed by atoms with van der Waals surface area (Å²) in [7, 11) is 1.80. The number of ether oxygens (including phenoxy) is 1. The number of hydrogen-bond acceptors (Lipinski definition) is 7. The molecule has 2 atom stereocenters. The summed E-state index contributed by atoms with van der Waals surface area (Å²) in [6.45, 7) is 0.00131. The van der Waals surface area contributed by atoms with E-state index in [1.165, 1.54) is 28.8 Å². The number of amides is 1. The van der Waals surface area contributed by atoms with Gasteiger partial charge in [0.15, 0.2) is 0 Å². The molecule has 1 aromatic carbocycles. The summed E-state index contributed by atoms with van der Waals surface area (Å²) in [5.41, 5.74) is 1.96. The topological polar surface area (TPSA) is 108 Å². The maximum atomic E-state index is 12.5. The minimum Gasteiger partial charge on any atom is -0.459 e. The molecule has 0 N–H and O–H groups in total. The maximum Gasteiger partial charge on any atom is 0.330 e. The highest BCUT2D eigenvalue weighted by Gasteiger charge is 2.53. The second-order valence-corrected chi connectivity index (χ2v) is 7.57. The summed E-state index contributed by atoms with van der Waals surface area (Å²) in [5, 5.41) is 14.8. The minimum atomic E-state index is -0.624. The third kappa shape index (κ3) is 3.26. The molecule has 1 unspecified atom stereocenters. The molecule has 1 aromatic heterocycles. The zero-order valence-corrected chi connectivity index (χ0v) is 15.7. The Hall–Kier alpha value is -3.14. The zero-order chi connectivity index (χ0) is 19.8. The minimum absolute atomic E-state index is 0.00131. The Morgan fingerprint density at radius 2 is 2.14 bits per heavy atom. The first-order valence-corrected chi connectivity index (χ1v) is 9.54. The Kier molecular flexibility index (Phi) is 4.63. The monoisotopic (exact) mass is 400 g/mol. The smallest absolute Gasteiger partial charge is 0.330 e. The molecule has 0 saturated carbocycles. The molecule has 2 aliphatic heterocycles. The normalized spacial score (nSPS) is 22.1. The number of esters is 1. The number of aromatic nitrogens is 2. The highest BCUT2D eigenvalue weighted by atomic mass is 32.2. The number of rotatable bonds is 5. The SMILES string of the molecule is Cn1ccc(C=C2C(=O)N3C(C(=O)OCc4ccc([N+](=O)[O-])cc4)CS[C@H]23)n1. The van der Waals surface area contributed by atoms with E-state index in [9.17, 15) is 19.7 Å². The third-order valence-electron chi connectivity index (χ3n) is 4.59. The third-order valence-corrected chi connectivity index (χ3v) is 5.89. The van der Waals surface area contributed by atoms with Crippen LogP contribution >= 0.6 is 11.8 Å². The average Bonchev–Trinajstić information content (AvgIpc) is 3.28. The van der Waals surface area contributed by atoms with E-state index in [1.807, 2.05) is 6.07 Å². The van der Waals surface area contributed by atoms with E-state index < -0.39 is 16.9 Å². The number of hydrogen-bond donors (Lipinski definition) is 0. The predicted molar refractivity (Wildman–Crippen MR) is 101 cm³/mol. The molecule has 28 heavy (non-hydrogen) atoms. The zero-order valence-electron chi connectivity index (χ0n) is 14.8. The van der Waals surface area contributed by atoms with Gasteiger partial charge in [0, 0.05) is 31.1 Å². The number of β-lactam (4-membered cyclic amide) rings is 1. The molecule has 4 rings (SSSR count). The van der Waals surface area contributed by atoms with Crippen molar-refractivity contribution in [3.63, 3.8) is 0 Å². The molecule has 0 bridgehead atoms. The molecule has 0 radical (unpaired) electrons. The first-order valence-electron chi connectivity index (χ1n) is 8.49. The number of nitro benzene ring substituents is 1. The Bertz CT molecular complexity index is 984. The van der Waals surface area contributed by atoms with Gasteiger partial charge in [0.25, 0.3) is 11.6 Å². The lowest BCUT2D eigenvalue weighted by Gasteiger charge is -2.38. The average molecular weight is 400 g/mol. The molecule has 2 aliphatic rings. The lowest BCUT2D eigenvalue weighted by atomic mass is 10.0. The number of non-ortho nitro benzene ring substituents is 1. The maximum absolute atomic E-state index is 12.5. The van der Waals surface area contributed by atoms with Crippen LogP contribution in [0.1, 0.15) is 11.3 Å². The van der Waals surface area contributed by atoms with Crippen LogP contribution < -0.4 is 0 Å². The highest BCUT2D eigenvalue weighted by molar-refractivity contribution is 8.00. The van der Waals surface area contributed by atoms with Crippen molar-refractivity contribution in [3.05, 3.63) is 63.5 Å². The molecule has 3 heterocycles. The summed E-state index contributed by atoms with van der Waals surface area (Å²) in [6.07, 6.45) is 3.55. The Morgan fingerprint density at radius 3 is 2.79 bits per heavy atom. The van der Waals surface area contributed by atoms with Gasteiger partial charge in [-0.05, 0) is 29.8 Å². The predicted octanol–water partition coefficient (Wildman–Crippen LogP) is 1.74. The summed E-state index contributed by atoms with van der Waals surface area (Å²) >= 11 is 1.52. The van der Waals surface area contributed by atoms with E-state index in [0.717, 1.165) is 0 Å². The van der Waals surface area contributed by atoms with Gasteiger partial charge in [0.05, 0.1) is 16.2 Å². The quantitative estimate of drug-likeness (QED) is 0.247. The van der Waals surface area contributed by atoms with Crippen molar-refractivity contribution in [2.75, 3.05) is 5.75 Å². The largest absolute Gasteiger partial charge is 0.459 e. The molecule has 10 heteroatoms. The second-order valence-electron chi connectivity index (χ2n) is 6.46. The number of fused-ring (bicyclic) bond motifs is 1. The Balaban J connectivity index is 1.37. The van der Waals surface area contributed by atoms with Gasteiger partial charge in [0.1, 0.15) is 18.0 Å². The van der Waals surface area contributed by atoms with E-state index in [4.69, 9.17) is 4.74 Å². The molecule has 1 amide bonds. The molecule has 2 saturated heterocycles. The molecule has 9 nitrogen and oxygen atoms in total. The lowest BCUT2D eigenvalue weighted by Crippen LogP contribution is -2.56. The van der Waals surface area contributed by atoms with Crippen molar-refractivity contribution < 1.29 is 19.2 Å². The number of nitrogens with zero attached hydrogens (tertiary/aromatic N) is 4. The van der Waals surface area contributed by atoms with E-state index in [0.29, 0.717) is 22.6 Å². The number of thioether (sulfide) groups is 1. The summed E-state index contributed by atoms with van der Waals surface area (Å²) < 4.78 is 6.98. The molecule has 2 aromatic rings. The van der Waals surface area contributed by atoms with Crippen LogP contribution in [0.5, 0.6) is 0 Å². The number of carbonyl (C=O) groups is 2. The van der Waals surface area contributed by atoms with E-state index >= 15 is 0 Å². The van der Waals surface area contributed by atoms with Gasteiger partial charge in [-0.15, -0.1) is 11.8 Å². The summed E-state index contributed by atoms with van der Waals surface area (Å²) in [4.78, 5) is 36.6. The fourth-order valence-electron chi connectivity index (χ4n) is 3.13. The van der Waals surface area contributed by atoms with Crippen LogP contribution in [0.15, 0.2) is 42.1 Å². The van der Waals surface area contributed by atoms with Crippen LogP contribution in [-0.4, -0.2) is 48.6 Å². The van der Waals surface area contributed by atoms with Crippen molar-refractivity contribution in [1.29, 1.82) is 0 Å². The van der Waals surface area contributed by atoms with Gasteiger partial charge in [-0.3, -0.25) is 19.6 Å². The van der Waals surface area contributed by atoms with Crippen LogP contribution in [0.2, 0.25) is 0 Å². The fourth-order valence-corrected chi connectivity index (χ4v) is 4.54. The number of aryl methyl sites for hydroxylation is 1. The first kappa shape index (κ1) is 18.2. The molecule has 0 spiro atoms. The number of carbonyl (C=O) groups excluding carboxylic acids is 2. The lowest BCUT2D eigenvalue weighted by molar-refractivity contribution is -0.384. The highest BCUT2D eigenvalue weighted by Crippen LogP contribution is 2.44. The van der Waals surface area contributed by atoms with Crippen molar-refractivity contribution in [2.24, 2.45) is 7.05 Å². The molecule has 2 fully saturated rings. The van der Waals surface area contributed by atoms with E-state index in [1.54, 1.807) is 36.1 Å². The van der Waals surface area contributed by atoms with Crippen molar-refractivity contribution >= 4 is 35.4 Å². The second kappa shape index (κ2) is 7.12. The number of nitro groups is 1. The van der Waals surface area contributed by atoms with Gasteiger partial charge in [-0.25, -0.2) is 4.79 Å². The molecular weight excluding hydrogens is 384 g/mol. The molecule has 0 aliphatic carbocycles. The molecule has 144 valence electrons. The van der Waals surface area contributed by atoms with Crippen molar-refractivity contribution in [1.82, 2.24) is 14.7 Å². The van der Waals surface area contributed by atoms with E-state index in [-0.39, 0.29) is 23.6 Å². The van der Waals surface area contributed by atoms with Gasteiger partial charge < -0.3 is 9.64 Å². The number of benzene rings is 1. The van der Waals surface area contributed by atoms with Gasteiger partial charge >= 0.3 is 5.97 Å². The van der Waals surface area contributed by atoms with Gasteiger partial charge in [-0.1, -0.05) is 0 Å². The summed E-state index contributed by atoms with van der Waals surface area (Å²) in [5.74, 6) is -0.189. The van der Waals surface area contributed by atoms with Crippen molar-refractivity contribution in [2.45, 2.75) is 18.0 Å². The fraction of sp³-hybridized carbons (Fsp3) is 0.278. The first-order chi connectivity index (χ1) is 13.4. The van der Waals surface area contributed by atoms with E-state index in [2.05, 4.69) is 5.10 Å². The molecular formula is C18H16N4O5S.